The van der Waals surface area contributed by atoms with Gasteiger partial charge in [0, 0.05) is 6.20 Å². The number of carbonyl (C=O) groups excluding carboxylic acids is 1. The maximum absolute atomic E-state index is 13.8. The smallest absolute Gasteiger partial charge is 0.254 e. The zero-order valence-corrected chi connectivity index (χ0v) is 11.3. The summed E-state index contributed by atoms with van der Waals surface area (Å²) in [6.07, 6.45) is 2.93. The van der Waals surface area contributed by atoms with E-state index in [2.05, 4.69) is 15.5 Å². The maximum Gasteiger partial charge on any atom is 0.254 e. The fourth-order valence-corrected chi connectivity index (χ4v) is 1.80. The number of aromatic nitrogens is 2. The van der Waals surface area contributed by atoms with E-state index in [1.807, 2.05) is 0 Å². The molecule has 0 saturated carbocycles. The molecular weight excluding hydrogens is 261 g/mol. The Bertz CT molecular complexity index is 584. The van der Waals surface area contributed by atoms with Gasteiger partial charge < -0.3 is 10.1 Å². The van der Waals surface area contributed by atoms with Crippen LogP contribution in [-0.4, -0.2) is 22.7 Å². The number of benzene rings is 1. The van der Waals surface area contributed by atoms with E-state index in [0.717, 1.165) is 0 Å². The Morgan fingerprint density at radius 2 is 2.35 bits per heavy atom. The molecule has 2 N–H and O–H groups in total. The van der Waals surface area contributed by atoms with Crippen LogP contribution < -0.4 is 10.1 Å². The molecular formula is C14H16FN3O2. The first-order chi connectivity index (χ1) is 9.61. The summed E-state index contributed by atoms with van der Waals surface area (Å²) in [4.78, 5) is 11.9. The Morgan fingerprint density at radius 3 is 2.95 bits per heavy atom. The number of nitrogens with zero attached hydrogens (tertiary/aromatic N) is 1. The van der Waals surface area contributed by atoms with Gasteiger partial charge in [-0.3, -0.25) is 9.89 Å². The lowest BCUT2D eigenvalue weighted by atomic mass is 10.1. The molecule has 0 aliphatic carbocycles. The van der Waals surface area contributed by atoms with Crippen molar-refractivity contribution in [2.24, 2.45) is 0 Å². The van der Waals surface area contributed by atoms with Crippen molar-refractivity contribution in [3.63, 3.8) is 0 Å². The Morgan fingerprint density at radius 1 is 1.55 bits per heavy atom. The second-order valence-electron chi connectivity index (χ2n) is 4.30. The third kappa shape index (κ3) is 3.14. The number of nitrogens with one attached hydrogen (secondary N) is 2. The number of rotatable bonds is 5. The molecule has 20 heavy (non-hydrogen) atoms. The molecule has 2 rings (SSSR count). The van der Waals surface area contributed by atoms with Crippen molar-refractivity contribution in [2.45, 2.75) is 19.9 Å². The molecule has 0 fully saturated rings. The Labute approximate surface area is 116 Å². The quantitative estimate of drug-likeness (QED) is 0.882. The molecule has 1 heterocycles. The number of aromatic amines is 1. The summed E-state index contributed by atoms with van der Waals surface area (Å²) in [6, 6.07) is 4.34. The van der Waals surface area contributed by atoms with Gasteiger partial charge in [-0.05, 0) is 31.5 Å². The molecule has 106 valence electrons. The first-order valence-electron chi connectivity index (χ1n) is 6.33. The number of hydrogen-bond donors (Lipinski definition) is 2. The predicted molar refractivity (Wildman–Crippen MR) is 72.0 cm³/mol. The molecule has 6 heteroatoms. The van der Waals surface area contributed by atoms with Gasteiger partial charge in [0.05, 0.1) is 24.4 Å². The average molecular weight is 277 g/mol. The van der Waals surface area contributed by atoms with Crippen molar-refractivity contribution in [2.75, 3.05) is 6.61 Å². The van der Waals surface area contributed by atoms with Crippen LogP contribution in [0.2, 0.25) is 0 Å². The average Bonchev–Trinajstić information content (AvgIpc) is 2.95. The van der Waals surface area contributed by atoms with E-state index >= 15 is 0 Å². The van der Waals surface area contributed by atoms with Crippen LogP contribution in [0.15, 0.2) is 30.6 Å². The minimum atomic E-state index is -0.436. The molecule has 0 bridgehead atoms. The van der Waals surface area contributed by atoms with Gasteiger partial charge in [-0.1, -0.05) is 6.07 Å². The monoisotopic (exact) mass is 277 g/mol. The lowest BCUT2D eigenvalue weighted by molar-refractivity contribution is 0.0940. The standard InChI is InChI=1S/C14H16FN3O2/c1-3-20-13-5-4-10(6-12(13)15)9(2)18-14(19)11-7-16-17-8-11/h4-9H,3H2,1-2H3,(H,16,17)(H,18,19)/t9-/m1/s1. The fraction of sp³-hybridized carbons (Fsp3) is 0.286. The van der Waals surface area contributed by atoms with Crippen molar-refractivity contribution in [1.82, 2.24) is 15.5 Å². The minimum Gasteiger partial charge on any atom is -0.491 e. The third-order valence-corrected chi connectivity index (χ3v) is 2.86. The molecule has 0 radical (unpaired) electrons. The van der Waals surface area contributed by atoms with Gasteiger partial charge in [-0.25, -0.2) is 4.39 Å². The first-order valence-corrected chi connectivity index (χ1v) is 6.33. The first kappa shape index (κ1) is 14.0. The van der Waals surface area contributed by atoms with Crippen LogP contribution in [0.1, 0.15) is 35.8 Å². The molecule has 1 aromatic carbocycles. The summed E-state index contributed by atoms with van der Waals surface area (Å²) in [5.74, 6) is -0.487. The Hall–Kier alpha value is -2.37. The van der Waals surface area contributed by atoms with Crippen molar-refractivity contribution in [3.8, 4) is 5.75 Å². The second kappa shape index (κ2) is 6.18. The van der Waals surface area contributed by atoms with E-state index in [4.69, 9.17) is 4.74 Å². The number of ether oxygens (including phenoxy) is 1. The van der Waals surface area contributed by atoms with Gasteiger partial charge in [-0.2, -0.15) is 5.10 Å². The summed E-state index contributed by atoms with van der Waals surface area (Å²) in [5.41, 5.74) is 1.10. The lowest BCUT2D eigenvalue weighted by Crippen LogP contribution is -2.26. The van der Waals surface area contributed by atoms with Gasteiger partial charge >= 0.3 is 0 Å². The number of H-pyrrole nitrogens is 1. The summed E-state index contributed by atoms with van der Waals surface area (Å²) >= 11 is 0. The lowest BCUT2D eigenvalue weighted by Gasteiger charge is -2.15. The van der Waals surface area contributed by atoms with Crippen molar-refractivity contribution < 1.29 is 13.9 Å². The van der Waals surface area contributed by atoms with Crippen LogP contribution in [0.5, 0.6) is 5.75 Å². The van der Waals surface area contributed by atoms with Gasteiger partial charge in [0.25, 0.3) is 5.91 Å². The molecule has 5 nitrogen and oxygen atoms in total. The van der Waals surface area contributed by atoms with Crippen LogP contribution in [0.4, 0.5) is 4.39 Å². The van der Waals surface area contributed by atoms with Crippen LogP contribution in [0.25, 0.3) is 0 Å². The van der Waals surface area contributed by atoms with Gasteiger partial charge in [0.15, 0.2) is 11.6 Å². The summed E-state index contributed by atoms with van der Waals surface area (Å²) < 4.78 is 18.9. The van der Waals surface area contributed by atoms with Crippen LogP contribution in [0, 0.1) is 5.82 Å². The SMILES string of the molecule is CCOc1ccc([C@@H](C)NC(=O)c2cn[nH]c2)cc1F. The molecule has 0 spiro atoms. The van der Waals surface area contributed by atoms with Crippen molar-refractivity contribution >= 4 is 5.91 Å². The molecule has 1 atom stereocenters. The third-order valence-electron chi connectivity index (χ3n) is 2.86. The molecule has 0 saturated heterocycles. The van der Waals surface area contributed by atoms with Gasteiger partial charge in [0.1, 0.15) is 0 Å². The normalized spacial score (nSPS) is 11.9. The fourth-order valence-electron chi connectivity index (χ4n) is 1.80. The van der Waals surface area contributed by atoms with Gasteiger partial charge in [-0.15, -0.1) is 0 Å². The molecule has 1 aromatic heterocycles. The number of amides is 1. The summed E-state index contributed by atoms with van der Waals surface area (Å²) in [6.45, 7) is 3.98. The zero-order valence-electron chi connectivity index (χ0n) is 11.3. The zero-order chi connectivity index (χ0) is 14.5. The molecule has 0 unspecified atom stereocenters. The number of hydrogen-bond acceptors (Lipinski definition) is 3. The van der Waals surface area contributed by atoms with Crippen LogP contribution >= 0.6 is 0 Å². The van der Waals surface area contributed by atoms with E-state index in [-0.39, 0.29) is 17.7 Å². The molecule has 0 aliphatic rings. The van der Waals surface area contributed by atoms with E-state index in [9.17, 15) is 9.18 Å². The van der Waals surface area contributed by atoms with Gasteiger partial charge in [0.2, 0.25) is 0 Å². The van der Waals surface area contributed by atoms with E-state index < -0.39 is 5.82 Å². The highest BCUT2D eigenvalue weighted by Crippen LogP contribution is 2.22. The van der Waals surface area contributed by atoms with Crippen LogP contribution in [-0.2, 0) is 0 Å². The highest BCUT2D eigenvalue weighted by Gasteiger charge is 2.14. The van der Waals surface area contributed by atoms with E-state index in [1.165, 1.54) is 18.5 Å². The Balaban J connectivity index is 2.07. The summed E-state index contributed by atoms with van der Waals surface area (Å²) in [7, 11) is 0. The summed E-state index contributed by atoms with van der Waals surface area (Å²) in [5, 5.41) is 9.04. The Kier molecular flexibility index (Phi) is 4.34. The van der Waals surface area contributed by atoms with E-state index in [1.54, 1.807) is 26.0 Å². The largest absolute Gasteiger partial charge is 0.491 e. The van der Waals surface area contributed by atoms with Crippen LogP contribution in [0.3, 0.4) is 0 Å². The van der Waals surface area contributed by atoms with E-state index in [0.29, 0.717) is 17.7 Å². The van der Waals surface area contributed by atoms with Crippen molar-refractivity contribution in [1.29, 1.82) is 0 Å². The predicted octanol–water partition coefficient (Wildman–Crippen LogP) is 2.44. The minimum absolute atomic E-state index is 0.213. The topological polar surface area (TPSA) is 67.0 Å². The highest BCUT2D eigenvalue weighted by molar-refractivity contribution is 5.93. The highest BCUT2D eigenvalue weighted by atomic mass is 19.1. The molecule has 2 aromatic rings. The second-order valence-corrected chi connectivity index (χ2v) is 4.30. The maximum atomic E-state index is 13.8. The molecule has 0 aliphatic heterocycles. The van der Waals surface area contributed by atoms with Crippen molar-refractivity contribution in [3.05, 3.63) is 47.5 Å². The number of carbonyl (C=O) groups is 1. The molecule has 1 amide bonds. The number of halogens is 1.